The normalized spacial score (nSPS) is 13.2. The Balaban J connectivity index is 0.00000300. The van der Waals surface area contributed by atoms with Gasteiger partial charge in [-0.15, -0.1) is 0 Å². The molecule has 0 bridgehead atoms. The fourth-order valence-corrected chi connectivity index (χ4v) is 3.71. The maximum atomic E-state index is 11.6. The quantitative estimate of drug-likeness (QED) is 0.477. The maximum absolute atomic E-state index is 11.6. The van der Waals surface area contributed by atoms with E-state index in [2.05, 4.69) is 5.10 Å². The van der Waals surface area contributed by atoms with Gasteiger partial charge in [0.2, 0.25) is 0 Å². The van der Waals surface area contributed by atoms with Crippen LogP contribution in [0.25, 0.3) is 10.9 Å². The number of fused-ring (bicyclic) bond motifs is 1. The van der Waals surface area contributed by atoms with Crippen molar-refractivity contribution in [1.29, 1.82) is 0 Å². The lowest BCUT2D eigenvalue weighted by molar-refractivity contribution is 0.141. The largest absolute Gasteiger partial charge is 0.267 e. The Bertz CT molecular complexity index is 1170. The summed E-state index contributed by atoms with van der Waals surface area (Å²) in [5.41, 5.74) is 2.29. The van der Waals surface area contributed by atoms with Gasteiger partial charge in [0.25, 0.3) is 20.2 Å². The molecule has 11 heteroatoms. The van der Waals surface area contributed by atoms with Gasteiger partial charge >= 0.3 is 0 Å². The summed E-state index contributed by atoms with van der Waals surface area (Å²) in [5.74, 6) is 0. The third-order valence-corrected chi connectivity index (χ3v) is 5.09. The predicted molar refractivity (Wildman–Crippen MR) is 115 cm³/mol. The summed E-state index contributed by atoms with van der Waals surface area (Å²) in [6.45, 7) is 0.0788. The van der Waals surface area contributed by atoms with Crippen molar-refractivity contribution in [3.63, 3.8) is 0 Å². The summed E-state index contributed by atoms with van der Waals surface area (Å²) in [5, 5.41) is 5.24. The van der Waals surface area contributed by atoms with Crippen LogP contribution < -0.4 is 0 Å². The van der Waals surface area contributed by atoms with Crippen molar-refractivity contribution in [2.45, 2.75) is 12.6 Å². The topological polar surface area (TPSA) is 105 Å². The second-order valence-corrected chi connectivity index (χ2v) is 9.63. The summed E-state index contributed by atoms with van der Waals surface area (Å²) in [6, 6.07) is 14.9. The van der Waals surface area contributed by atoms with Crippen LogP contribution >= 0.6 is 13.5 Å². The summed E-state index contributed by atoms with van der Waals surface area (Å²) >= 11 is 0. The molecule has 1 heterocycles. The molecule has 0 amide bonds. The zero-order valence-electron chi connectivity index (χ0n) is 15.8. The van der Waals surface area contributed by atoms with Crippen LogP contribution in [0.5, 0.6) is 0 Å². The van der Waals surface area contributed by atoms with E-state index in [4.69, 9.17) is 8.37 Å². The minimum atomic E-state index is -3.83. The van der Waals surface area contributed by atoms with Crippen LogP contribution in [0.15, 0.2) is 54.7 Å². The molecule has 0 aliphatic carbocycles. The van der Waals surface area contributed by atoms with Crippen molar-refractivity contribution >= 4 is 44.6 Å². The van der Waals surface area contributed by atoms with Gasteiger partial charge in [0.15, 0.2) is 0 Å². The highest BCUT2D eigenvalue weighted by molar-refractivity contribution is 7.86. The van der Waals surface area contributed by atoms with Crippen LogP contribution in [-0.2, 0) is 35.1 Å². The van der Waals surface area contributed by atoms with Crippen molar-refractivity contribution < 1.29 is 25.2 Å². The van der Waals surface area contributed by atoms with Crippen LogP contribution in [0.4, 0.5) is 0 Å². The molecule has 1 atom stereocenters. The molecule has 0 saturated carbocycles. The highest BCUT2D eigenvalue weighted by atomic mass is 32.2. The van der Waals surface area contributed by atoms with Gasteiger partial charge in [-0.1, -0.05) is 42.5 Å². The number of aromatic nitrogens is 2. The third kappa shape index (κ3) is 6.82. The highest BCUT2D eigenvalue weighted by Crippen LogP contribution is 2.25. The third-order valence-electron chi connectivity index (χ3n) is 3.94. The zero-order valence-corrected chi connectivity index (χ0v) is 18.5. The van der Waals surface area contributed by atoms with Gasteiger partial charge in [0.1, 0.15) is 6.10 Å². The average molecular weight is 459 g/mol. The molecule has 2 aromatic carbocycles. The highest BCUT2D eigenvalue weighted by Gasteiger charge is 2.21. The Hall–Kier alpha value is -1.92. The Kier molecular flexibility index (Phi) is 7.46. The smallest absolute Gasteiger partial charge is 0.265 e. The molecule has 0 fully saturated rings. The number of nitrogens with zero attached hydrogens (tertiary/aromatic N) is 2. The summed E-state index contributed by atoms with van der Waals surface area (Å²) in [6.07, 6.45) is 2.40. The van der Waals surface area contributed by atoms with Crippen molar-refractivity contribution in [1.82, 2.24) is 9.78 Å². The number of hydrogen-bond acceptors (Lipinski definition) is 7. The van der Waals surface area contributed by atoms with Gasteiger partial charge in [-0.2, -0.15) is 35.4 Å². The minimum absolute atomic E-state index is 0. The standard InChI is InChI=1S/C18H20N2O6S2.H2S/c1-27(21,22)25-13-18(26-28(2,23)24)15-8-9-16-11-19-20(17(16)10-15)12-14-6-4-3-5-7-14;/h3-11,18H,12-13H2,1-2H3;1H2/t18-;/m1./s1. The molecule has 158 valence electrons. The first-order valence-corrected chi connectivity index (χ1v) is 12.0. The summed E-state index contributed by atoms with van der Waals surface area (Å²) in [7, 11) is -7.59. The average Bonchev–Trinajstić information content (AvgIpc) is 3.00. The first kappa shape index (κ1) is 23.4. The predicted octanol–water partition coefficient (Wildman–Crippen LogP) is 2.19. The van der Waals surface area contributed by atoms with Crippen molar-refractivity contribution in [2.24, 2.45) is 0 Å². The van der Waals surface area contributed by atoms with E-state index in [0.29, 0.717) is 12.1 Å². The van der Waals surface area contributed by atoms with E-state index in [9.17, 15) is 16.8 Å². The van der Waals surface area contributed by atoms with E-state index in [1.807, 2.05) is 30.3 Å². The molecule has 0 unspecified atom stereocenters. The lowest BCUT2D eigenvalue weighted by Gasteiger charge is -2.16. The maximum Gasteiger partial charge on any atom is 0.265 e. The molecule has 1 aromatic heterocycles. The first-order chi connectivity index (χ1) is 13.1. The summed E-state index contributed by atoms with van der Waals surface area (Å²) in [4.78, 5) is 0. The van der Waals surface area contributed by atoms with E-state index in [0.717, 1.165) is 29.0 Å². The lowest BCUT2D eigenvalue weighted by Crippen LogP contribution is -2.18. The molecule has 3 rings (SSSR count). The first-order valence-electron chi connectivity index (χ1n) is 8.33. The monoisotopic (exact) mass is 458 g/mol. The zero-order chi connectivity index (χ0) is 20.4. The van der Waals surface area contributed by atoms with E-state index in [1.54, 1.807) is 29.1 Å². The molecule has 3 aromatic rings. The fraction of sp³-hybridized carbons (Fsp3) is 0.278. The van der Waals surface area contributed by atoms with E-state index in [-0.39, 0.29) is 13.5 Å². The molecule has 0 N–H and O–H groups in total. The molecule has 29 heavy (non-hydrogen) atoms. The molecular weight excluding hydrogens is 436 g/mol. The van der Waals surface area contributed by atoms with Crippen LogP contribution in [0.3, 0.4) is 0 Å². The molecule has 0 spiro atoms. The number of hydrogen-bond donors (Lipinski definition) is 0. The number of rotatable bonds is 8. The van der Waals surface area contributed by atoms with Crippen LogP contribution in [-0.4, -0.2) is 45.7 Å². The Morgan fingerprint density at radius 1 is 1.00 bits per heavy atom. The molecule has 0 saturated heterocycles. The lowest BCUT2D eigenvalue weighted by atomic mass is 10.1. The minimum Gasteiger partial charge on any atom is -0.267 e. The van der Waals surface area contributed by atoms with Gasteiger partial charge < -0.3 is 0 Å². The van der Waals surface area contributed by atoms with Crippen molar-refractivity contribution in [3.05, 3.63) is 65.9 Å². The van der Waals surface area contributed by atoms with E-state index < -0.39 is 32.9 Å². The Morgan fingerprint density at radius 2 is 1.69 bits per heavy atom. The van der Waals surface area contributed by atoms with E-state index in [1.165, 1.54) is 0 Å². The Morgan fingerprint density at radius 3 is 2.31 bits per heavy atom. The SMILES string of the molecule is CS(=O)(=O)OC[C@@H](OS(C)(=O)=O)c1ccc2cnn(Cc3ccccc3)c2c1.S. The molecule has 0 aliphatic rings. The van der Waals surface area contributed by atoms with Crippen molar-refractivity contribution in [2.75, 3.05) is 19.1 Å². The fourth-order valence-electron chi connectivity index (χ4n) is 2.75. The van der Waals surface area contributed by atoms with Gasteiger partial charge in [0, 0.05) is 5.39 Å². The second kappa shape index (κ2) is 9.26. The number of benzene rings is 2. The van der Waals surface area contributed by atoms with Gasteiger partial charge in [-0.3, -0.25) is 13.0 Å². The van der Waals surface area contributed by atoms with Gasteiger partial charge in [-0.05, 0) is 17.2 Å². The molecular formula is C18H22N2O6S3. The van der Waals surface area contributed by atoms with Gasteiger partial charge in [0.05, 0.1) is 37.4 Å². The molecule has 8 nitrogen and oxygen atoms in total. The van der Waals surface area contributed by atoms with Crippen LogP contribution in [0.1, 0.15) is 17.2 Å². The molecule has 0 aliphatic heterocycles. The van der Waals surface area contributed by atoms with Crippen molar-refractivity contribution in [3.8, 4) is 0 Å². The van der Waals surface area contributed by atoms with Crippen LogP contribution in [0.2, 0.25) is 0 Å². The Labute approximate surface area is 177 Å². The summed E-state index contributed by atoms with van der Waals surface area (Å²) < 4.78 is 57.5. The van der Waals surface area contributed by atoms with E-state index >= 15 is 0 Å². The van der Waals surface area contributed by atoms with Crippen LogP contribution in [0, 0.1) is 0 Å². The van der Waals surface area contributed by atoms with Gasteiger partial charge in [-0.25, -0.2) is 0 Å². The second-order valence-electron chi connectivity index (χ2n) is 6.38. The molecule has 0 radical (unpaired) electrons.